The predicted molar refractivity (Wildman–Crippen MR) is 173 cm³/mol. The maximum Gasteiger partial charge on any atom is 0.397 e. The quantitative estimate of drug-likeness (QED) is 0.164. The van der Waals surface area contributed by atoms with E-state index in [-0.39, 0.29) is 40.9 Å². The molecule has 258 valence electrons. The second kappa shape index (κ2) is 13.8. The molecule has 0 saturated heterocycles. The summed E-state index contributed by atoms with van der Waals surface area (Å²) < 4.78 is 87.1. The molecule has 48 heavy (non-hydrogen) atoms. The molecule has 5 rings (SSSR count). The average Bonchev–Trinajstić information content (AvgIpc) is 3.50. The van der Waals surface area contributed by atoms with Gasteiger partial charge in [-0.05, 0) is 46.2 Å². The summed E-state index contributed by atoms with van der Waals surface area (Å²) in [5, 5.41) is 4.85. The molecule has 0 unspecified atom stereocenters. The van der Waals surface area contributed by atoms with Crippen LogP contribution in [0, 0.1) is 5.41 Å². The van der Waals surface area contributed by atoms with Gasteiger partial charge < -0.3 is 24.8 Å². The predicted octanol–water partition coefficient (Wildman–Crippen LogP) is 6.87. The van der Waals surface area contributed by atoms with Gasteiger partial charge in [-0.15, -0.1) is 5.10 Å². The van der Waals surface area contributed by atoms with Crippen molar-refractivity contribution >= 4 is 23.6 Å². The molecule has 0 atom stereocenters. The normalized spacial score (nSPS) is 16.1. The van der Waals surface area contributed by atoms with E-state index in [1.807, 2.05) is 36.9 Å². The molecule has 1 aromatic carbocycles. The number of pyridine rings is 1. The van der Waals surface area contributed by atoms with Crippen molar-refractivity contribution in [3.05, 3.63) is 66.5 Å². The Morgan fingerprint density at radius 3 is 2.56 bits per heavy atom. The number of hydrogen-bond donors (Lipinski definition) is 2. The fourth-order valence-corrected chi connectivity index (χ4v) is 5.36. The first-order chi connectivity index (χ1) is 22.5. The van der Waals surface area contributed by atoms with Gasteiger partial charge in [0.2, 0.25) is 5.88 Å². The Labute approximate surface area is 279 Å². The van der Waals surface area contributed by atoms with Crippen LogP contribution in [-0.4, -0.2) is 69.4 Å². The van der Waals surface area contributed by atoms with Crippen LogP contribution in [0.25, 0.3) is 17.1 Å². The zero-order chi connectivity index (χ0) is 34.7. The van der Waals surface area contributed by atoms with Crippen LogP contribution in [0.3, 0.4) is 0 Å². The third-order valence-electron chi connectivity index (χ3n) is 7.35. The summed E-state index contributed by atoms with van der Waals surface area (Å²) in [5.74, 6) is -2.57. The lowest BCUT2D eigenvalue weighted by Gasteiger charge is -2.31. The Bertz CT molecular complexity index is 1710. The van der Waals surface area contributed by atoms with Crippen molar-refractivity contribution in [3.8, 4) is 23.0 Å². The van der Waals surface area contributed by atoms with Gasteiger partial charge in [0.1, 0.15) is 29.8 Å². The summed E-state index contributed by atoms with van der Waals surface area (Å²) in [7, 11) is 0. The number of benzene rings is 1. The average molecular weight is 693 g/mol. The van der Waals surface area contributed by atoms with Crippen molar-refractivity contribution in [1.29, 1.82) is 0 Å². The highest BCUT2D eigenvalue weighted by atomic mass is 32.2. The van der Waals surface area contributed by atoms with E-state index in [0.29, 0.717) is 30.4 Å². The molecule has 10 nitrogen and oxygen atoms in total. The molecule has 4 bridgehead atoms. The first-order valence-electron chi connectivity index (χ1n) is 15.1. The molecule has 3 N–H and O–H groups in total. The fourth-order valence-electron chi connectivity index (χ4n) is 4.77. The van der Waals surface area contributed by atoms with Gasteiger partial charge in [0.15, 0.2) is 11.6 Å². The molecule has 0 saturated carbocycles. The van der Waals surface area contributed by atoms with Crippen LogP contribution in [0.4, 0.5) is 33.6 Å². The molecule has 0 spiro atoms. The molecule has 4 heterocycles. The standard InChI is InChI=1S/C32H37F5N8O2S/c1-29(2,32(35,36)37)19-47-25-13-15-45(42-25)28-27-21-9-5-6-10-22(21)31(33,34)20-46-16-8-14-44(18-30(3,4)38)24-11-7-12-26(41-24)48-43-23(40-27)17-39-28/h5-7,9-13,15,17H,8,14,16,18-20,38H2,1-4H3,(H,40,43). The van der Waals surface area contributed by atoms with E-state index in [2.05, 4.69) is 19.8 Å². The number of hydrogen-bond acceptors (Lipinski definition) is 10. The zero-order valence-electron chi connectivity index (χ0n) is 26.9. The number of ether oxygens (including phenoxy) is 2. The largest absolute Gasteiger partial charge is 0.476 e. The number of fused-ring (bicyclic) bond motifs is 6. The second-order valence-electron chi connectivity index (χ2n) is 12.8. The molecule has 0 aliphatic carbocycles. The highest BCUT2D eigenvalue weighted by Crippen LogP contribution is 2.39. The SMILES string of the molecule is CC(C)(N)CN1CCCOCC(F)(F)c2ccccc2-c2nc(cnc2-n2ccc(OCC(C)(C)C(F)(F)F)n2)NSc2cccc1n2. The van der Waals surface area contributed by atoms with E-state index in [1.165, 1.54) is 41.3 Å². The Balaban J connectivity index is 1.53. The number of halogens is 5. The van der Waals surface area contributed by atoms with Crippen LogP contribution < -0.4 is 20.1 Å². The topological polar surface area (TPSA) is 116 Å². The van der Waals surface area contributed by atoms with Crippen molar-refractivity contribution in [3.63, 3.8) is 0 Å². The van der Waals surface area contributed by atoms with E-state index >= 15 is 8.78 Å². The number of rotatable bonds is 6. The highest BCUT2D eigenvalue weighted by Gasteiger charge is 2.48. The molecule has 1 aliphatic rings. The number of anilines is 2. The molecule has 0 fully saturated rings. The molecular weight excluding hydrogens is 655 g/mol. The fraction of sp³-hybridized carbons (Fsp3) is 0.438. The molecule has 1 aliphatic heterocycles. The number of nitrogens with one attached hydrogen (secondary N) is 1. The minimum Gasteiger partial charge on any atom is -0.476 e. The van der Waals surface area contributed by atoms with Gasteiger partial charge in [0, 0.05) is 60.6 Å². The van der Waals surface area contributed by atoms with Gasteiger partial charge in [0.25, 0.3) is 5.92 Å². The van der Waals surface area contributed by atoms with Crippen molar-refractivity contribution in [2.75, 3.05) is 42.5 Å². The molecule has 3 aromatic heterocycles. The summed E-state index contributed by atoms with van der Waals surface area (Å²) in [6.45, 7) is 5.29. The van der Waals surface area contributed by atoms with E-state index < -0.39 is 36.3 Å². The van der Waals surface area contributed by atoms with Crippen molar-refractivity contribution in [2.24, 2.45) is 11.1 Å². The highest BCUT2D eigenvalue weighted by molar-refractivity contribution is 8.00. The lowest BCUT2D eigenvalue weighted by molar-refractivity contribution is -0.219. The Kier molecular flexibility index (Phi) is 10.2. The maximum atomic E-state index is 15.9. The molecule has 0 radical (unpaired) electrons. The third-order valence-corrected chi connectivity index (χ3v) is 8.10. The third kappa shape index (κ3) is 8.52. The summed E-state index contributed by atoms with van der Waals surface area (Å²) in [6, 6.07) is 12.8. The van der Waals surface area contributed by atoms with E-state index in [0.717, 1.165) is 25.8 Å². The summed E-state index contributed by atoms with van der Waals surface area (Å²) >= 11 is 1.16. The van der Waals surface area contributed by atoms with Crippen molar-refractivity contribution < 1.29 is 31.4 Å². The minimum absolute atomic E-state index is 0.0449. The van der Waals surface area contributed by atoms with Gasteiger partial charge in [-0.3, -0.25) is 0 Å². The van der Waals surface area contributed by atoms with Crippen LogP contribution in [0.15, 0.2) is 66.0 Å². The van der Waals surface area contributed by atoms with Crippen LogP contribution in [0.5, 0.6) is 5.88 Å². The Morgan fingerprint density at radius 2 is 1.81 bits per heavy atom. The molecular formula is C32H37F5N8O2S. The van der Waals surface area contributed by atoms with E-state index in [4.69, 9.17) is 20.2 Å². The number of alkyl halides is 5. The van der Waals surface area contributed by atoms with Gasteiger partial charge in [0.05, 0.1) is 11.6 Å². The summed E-state index contributed by atoms with van der Waals surface area (Å²) in [6.07, 6.45) is -1.24. The zero-order valence-corrected chi connectivity index (χ0v) is 27.7. The lowest BCUT2D eigenvalue weighted by Crippen LogP contribution is -2.46. The monoisotopic (exact) mass is 692 g/mol. The van der Waals surface area contributed by atoms with Crippen LogP contribution >= 0.6 is 11.9 Å². The maximum absolute atomic E-state index is 15.9. The van der Waals surface area contributed by atoms with Crippen LogP contribution in [0.1, 0.15) is 39.7 Å². The Morgan fingerprint density at radius 1 is 1.04 bits per heavy atom. The van der Waals surface area contributed by atoms with Gasteiger partial charge in [-0.2, -0.15) is 22.0 Å². The molecule has 0 amide bonds. The summed E-state index contributed by atoms with van der Waals surface area (Å²) in [4.78, 5) is 15.9. The van der Waals surface area contributed by atoms with Crippen LogP contribution in [0.2, 0.25) is 0 Å². The first kappa shape index (κ1) is 35.3. The van der Waals surface area contributed by atoms with Crippen molar-refractivity contribution in [2.45, 2.75) is 56.8 Å². The molecule has 16 heteroatoms. The van der Waals surface area contributed by atoms with E-state index in [9.17, 15) is 13.2 Å². The minimum atomic E-state index is -4.50. The first-order valence-corrected chi connectivity index (χ1v) is 16.0. The van der Waals surface area contributed by atoms with Gasteiger partial charge in [-0.25, -0.2) is 19.6 Å². The number of nitrogens with two attached hydrogens (primary N) is 1. The van der Waals surface area contributed by atoms with Gasteiger partial charge >= 0.3 is 6.18 Å². The summed E-state index contributed by atoms with van der Waals surface area (Å²) in [5.41, 5.74) is 3.41. The second-order valence-corrected chi connectivity index (χ2v) is 13.6. The Hall–Kier alpha value is -4.02. The van der Waals surface area contributed by atoms with Gasteiger partial charge in [-0.1, -0.05) is 30.3 Å². The van der Waals surface area contributed by atoms with E-state index in [1.54, 1.807) is 6.07 Å². The number of aromatic nitrogens is 5. The lowest BCUT2D eigenvalue weighted by atomic mass is 9.94. The van der Waals surface area contributed by atoms with Crippen LogP contribution in [-0.2, 0) is 10.7 Å². The molecule has 4 aromatic rings. The number of nitrogens with zero attached hydrogens (tertiary/aromatic N) is 6. The smallest absolute Gasteiger partial charge is 0.397 e. The van der Waals surface area contributed by atoms with Crippen molar-refractivity contribution in [1.82, 2.24) is 24.7 Å².